The lowest BCUT2D eigenvalue weighted by atomic mass is 10.0. The fourth-order valence-corrected chi connectivity index (χ4v) is 2.73. The van der Waals surface area contributed by atoms with Gasteiger partial charge >= 0.3 is 6.18 Å². The summed E-state index contributed by atoms with van der Waals surface area (Å²) in [6.07, 6.45) is -4.48. The number of hydrogen-bond donors (Lipinski definition) is 1. The van der Waals surface area contributed by atoms with Crippen LogP contribution in [-0.2, 0) is 6.18 Å². The third kappa shape index (κ3) is 5.12. The molecule has 0 spiro atoms. The minimum Gasteiger partial charge on any atom is -0.267 e. The molecule has 0 atom stereocenters. The van der Waals surface area contributed by atoms with Gasteiger partial charge in [0.2, 0.25) is 0 Å². The Kier molecular flexibility index (Phi) is 5.87. The Morgan fingerprint density at radius 3 is 1.79 bits per heavy atom. The molecule has 0 heterocycles. The number of hydrogen-bond acceptors (Lipinski definition) is 2. The van der Waals surface area contributed by atoms with Crippen molar-refractivity contribution in [1.82, 2.24) is 10.4 Å². The average Bonchev–Trinajstić information content (AvgIpc) is 2.56. The highest BCUT2D eigenvalue weighted by Gasteiger charge is 2.32. The fourth-order valence-electron chi connectivity index (χ4n) is 2.73. The van der Waals surface area contributed by atoms with Crippen molar-refractivity contribution in [1.29, 1.82) is 0 Å². The molecule has 2 aromatic carbocycles. The van der Waals surface area contributed by atoms with Gasteiger partial charge in [0.1, 0.15) is 0 Å². The molecule has 0 aliphatic heterocycles. The van der Waals surface area contributed by atoms with Gasteiger partial charge in [-0.1, -0.05) is 17.2 Å². The number of amides is 2. The number of carbonyl (C=O) groups excluding carboxylic acids is 2. The van der Waals surface area contributed by atoms with E-state index in [-0.39, 0.29) is 5.56 Å². The number of carbonyl (C=O) groups is 2. The molecule has 2 aromatic rings. The second kappa shape index (κ2) is 7.66. The molecule has 0 saturated carbocycles. The molecule has 1 N–H and O–H groups in total. The van der Waals surface area contributed by atoms with Crippen molar-refractivity contribution in [2.24, 2.45) is 0 Å². The maximum atomic E-state index is 13.0. The van der Waals surface area contributed by atoms with E-state index in [1.54, 1.807) is 32.9 Å². The molecule has 150 valence electrons. The highest BCUT2D eigenvalue weighted by atomic mass is 19.4. The first-order valence-electron chi connectivity index (χ1n) is 8.70. The Morgan fingerprint density at radius 2 is 1.36 bits per heavy atom. The van der Waals surface area contributed by atoms with Gasteiger partial charge in [-0.25, -0.2) is 5.01 Å². The van der Waals surface area contributed by atoms with Gasteiger partial charge in [-0.05, 0) is 71.0 Å². The van der Waals surface area contributed by atoms with Crippen molar-refractivity contribution in [3.63, 3.8) is 0 Å². The Balaban J connectivity index is 2.29. The van der Waals surface area contributed by atoms with Crippen LogP contribution in [0.15, 0.2) is 42.5 Å². The van der Waals surface area contributed by atoms with Gasteiger partial charge in [0, 0.05) is 11.1 Å². The zero-order valence-corrected chi connectivity index (χ0v) is 16.4. The monoisotopic (exact) mass is 392 g/mol. The zero-order valence-electron chi connectivity index (χ0n) is 16.4. The van der Waals surface area contributed by atoms with Gasteiger partial charge in [0.25, 0.3) is 11.8 Å². The van der Waals surface area contributed by atoms with E-state index in [2.05, 4.69) is 5.43 Å². The first kappa shape index (κ1) is 21.5. The van der Waals surface area contributed by atoms with Gasteiger partial charge < -0.3 is 0 Å². The molecule has 7 heteroatoms. The molecular weight excluding hydrogens is 369 g/mol. The van der Waals surface area contributed by atoms with Crippen molar-refractivity contribution < 1.29 is 22.8 Å². The van der Waals surface area contributed by atoms with Gasteiger partial charge in [-0.2, -0.15) is 13.2 Å². The molecule has 0 fully saturated rings. The van der Waals surface area contributed by atoms with Gasteiger partial charge in [0.15, 0.2) is 0 Å². The van der Waals surface area contributed by atoms with Crippen molar-refractivity contribution in [3.8, 4) is 0 Å². The van der Waals surface area contributed by atoms with Crippen LogP contribution in [0.2, 0.25) is 0 Å². The van der Waals surface area contributed by atoms with E-state index >= 15 is 0 Å². The first-order valence-corrected chi connectivity index (χ1v) is 8.70. The number of hydrazine groups is 1. The summed E-state index contributed by atoms with van der Waals surface area (Å²) in [6, 6.07) is 9.21. The Labute approximate surface area is 162 Å². The topological polar surface area (TPSA) is 49.4 Å². The number of halogens is 3. The maximum absolute atomic E-state index is 13.0. The average molecular weight is 392 g/mol. The van der Waals surface area contributed by atoms with Crippen LogP contribution < -0.4 is 5.43 Å². The van der Waals surface area contributed by atoms with E-state index in [4.69, 9.17) is 0 Å². The Hall–Kier alpha value is -2.83. The molecule has 0 aromatic heterocycles. The minimum absolute atomic E-state index is 0.0236. The van der Waals surface area contributed by atoms with E-state index < -0.39 is 29.1 Å². The Morgan fingerprint density at radius 1 is 0.857 bits per heavy atom. The van der Waals surface area contributed by atoms with Gasteiger partial charge in [-0.15, -0.1) is 0 Å². The normalized spacial score (nSPS) is 11.9. The van der Waals surface area contributed by atoms with Crippen LogP contribution in [-0.4, -0.2) is 22.4 Å². The van der Waals surface area contributed by atoms with E-state index in [0.717, 1.165) is 35.4 Å². The van der Waals surface area contributed by atoms with Crippen molar-refractivity contribution in [2.45, 2.75) is 46.3 Å². The van der Waals surface area contributed by atoms with Crippen LogP contribution in [0.5, 0.6) is 0 Å². The molecule has 0 bridgehead atoms. The van der Waals surface area contributed by atoms with Crippen molar-refractivity contribution >= 4 is 11.8 Å². The lowest BCUT2D eigenvalue weighted by Gasteiger charge is -2.35. The SMILES string of the molecule is Cc1cc(C)cc(C(=O)N(NC(=O)c2ccc(C(F)(F)F)cc2)C(C)(C)C)c1. The molecule has 0 saturated heterocycles. The van der Waals surface area contributed by atoms with Crippen molar-refractivity contribution in [2.75, 3.05) is 0 Å². The lowest BCUT2D eigenvalue weighted by Crippen LogP contribution is -2.55. The third-order valence-corrected chi connectivity index (χ3v) is 4.03. The number of nitrogens with zero attached hydrogens (tertiary/aromatic N) is 1. The summed E-state index contributed by atoms with van der Waals surface area (Å²) >= 11 is 0. The van der Waals surface area contributed by atoms with Crippen LogP contribution in [0.25, 0.3) is 0 Å². The molecule has 0 unspecified atom stereocenters. The molecule has 0 aliphatic rings. The van der Waals surface area contributed by atoms with E-state index in [9.17, 15) is 22.8 Å². The summed E-state index contributed by atoms with van der Waals surface area (Å²) in [6.45, 7) is 8.99. The molecular formula is C21H23F3N2O2. The molecule has 4 nitrogen and oxygen atoms in total. The first-order chi connectivity index (χ1) is 12.8. The van der Waals surface area contributed by atoms with Crippen LogP contribution in [0.1, 0.15) is 58.2 Å². The number of rotatable bonds is 2. The minimum atomic E-state index is -4.48. The van der Waals surface area contributed by atoms with E-state index in [1.807, 2.05) is 19.9 Å². The van der Waals surface area contributed by atoms with E-state index in [1.165, 1.54) is 5.01 Å². The molecule has 2 rings (SSSR count). The van der Waals surface area contributed by atoms with Gasteiger partial charge in [-0.3, -0.25) is 15.0 Å². The highest BCUT2D eigenvalue weighted by Crippen LogP contribution is 2.29. The Bertz CT molecular complexity index is 862. The standard InChI is InChI=1S/C21H23F3N2O2/c1-13-10-14(2)12-16(11-13)19(28)26(20(3,4)5)25-18(27)15-6-8-17(9-7-15)21(22,23)24/h6-12H,1-5H3,(H,25,27). The predicted octanol–water partition coefficient (Wildman–Crippen LogP) is 4.91. The quantitative estimate of drug-likeness (QED) is 0.739. The summed E-state index contributed by atoms with van der Waals surface area (Å²) in [7, 11) is 0. The summed E-state index contributed by atoms with van der Waals surface area (Å²) in [4.78, 5) is 25.6. The zero-order chi connectivity index (χ0) is 21.3. The van der Waals surface area contributed by atoms with Crippen LogP contribution in [0, 0.1) is 13.8 Å². The summed E-state index contributed by atoms with van der Waals surface area (Å²) in [5.41, 5.74) is 3.19. The fraction of sp³-hybridized carbons (Fsp3) is 0.333. The number of aryl methyl sites for hydroxylation is 2. The molecule has 2 amide bonds. The van der Waals surface area contributed by atoms with Crippen LogP contribution in [0.4, 0.5) is 13.2 Å². The highest BCUT2D eigenvalue weighted by molar-refractivity contribution is 5.99. The number of nitrogens with one attached hydrogen (secondary N) is 1. The second-order valence-corrected chi connectivity index (χ2v) is 7.70. The molecule has 0 radical (unpaired) electrons. The summed E-state index contributed by atoms with van der Waals surface area (Å²) in [5.74, 6) is -1.07. The number of benzene rings is 2. The predicted molar refractivity (Wildman–Crippen MR) is 101 cm³/mol. The van der Waals surface area contributed by atoms with Crippen LogP contribution >= 0.6 is 0 Å². The smallest absolute Gasteiger partial charge is 0.267 e. The van der Waals surface area contributed by atoms with Crippen molar-refractivity contribution in [3.05, 3.63) is 70.3 Å². The third-order valence-electron chi connectivity index (χ3n) is 4.03. The van der Waals surface area contributed by atoms with E-state index in [0.29, 0.717) is 5.56 Å². The van der Waals surface area contributed by atoms with Crippen LogP contribution in [0.3, 0.4) is 0 Å². The molecule has 0 aliphatic carbocycles. The summed E-state index contributed by atoms with van der Waals surface area (Å²) in [5, 5.41) is 1.20. The molecule has 28 heavy (non-hydrogen) atoms. The lowest BCUT2D eigenvalue weighted by molar-refractivity contribution is -0.137. The summed E-state index contributed by atoms with van der Waals surface area (Å²) < 4.78 is 38.1. The largest absolute Gasteiger partial charge is 0.416 e. The maximum Gasteiger partial charge on any atom is 0.416 e. The van der Waals surface area contributed by atoms with Gasteiger partial charge in [0.05, 0.1) is 11.1 Å². The number of alkyl halides is 3. The second-order valence-electron chi connectivity index (χ2n) is 7.70.